The molecule has 2 aromatic rings. The van der Waals surface area contributed by atoms with E-state index in [1.54, 1.807) is 17.7 Å². The molecule has 2 heterocycles. The number of thioether (sulfide) groups is 1. The fourth-order valence-electron chi connectivity index (χ4n) is 2.36. The van der Waals surface area contributed by atoms with Gasteiger partial charge in [0.05, 0.1) is 5.75 Å². The highest BCUT2D eigenvalue weighted by Crippen LogP contribution is 2.27. The molecule has 4 nitrogen and oxygen atoms in total. The molecule has 0 spiro atoms. The van der Waals surface area contributed by atoms with E-state index in [0.717, 1.165) is 28.1 Å². The van der Waals surface area contributed by atoms with Gasteiger partial charge in [0, 0.05) is 11.4 Å². The minimum Gasteiger partial charge on any atom is -0.353 e. The molecule has 19 heavy (non-hydrogen) atoms. The first-order valence-corrected chi connectivity index (χ1v) is 8.30. The van der Waals surface area contributed by atoms with Crippen LogP contribution in [0.25, 0.3) is 10.2 Å². The second-order valence-corrected chi connectivity index (χ2v) is 6.51. The van der Waals surface area contributed by atoms with Crippen molar-refractivity contribution in [1.29, 1.82) is 0 Å². The van der Waals surface area contributed by atoms with E-state index in [1.807, 2.05) is 11.4 Å². The monoisotopic (exact) mass is 293 g/mol. The van der Waals surface area contributed by atoms with Crippen LogP contribution in [-0.4, -0.2) is 27.7 Å². The van der Waals surface area contributed by atoms with E-state index in [-0.39, 0.29) is 5.91 Å². The maximum atomic E-state index is 11.9. The average Bonchev–Trinajstić information content (AvgIpc) is 3.06. The minimum absolute atomic E-state index is 0.110. The lowest BCUT2D eigenvalue weighted by atomic mass is 10.2. The zero-order chi connectivity index (χ0) is 13.1. The Hall–Kier alpha value is -1.14. The molecule has 0 saturated heterocycles. The third-order valence-corrected chi connectivity index (χ3v) is 5.11. The highest BCUT2D eigenvalue weighted by atomic mass is 32.2. The van der Waals surface area contributed by atoms with Gasteiger partial charge in [-0.3, -0.25) is 4.79 Å². The predicted octanol–water partition coefficient (Wildman–Crippen LogP) is 2.84. The van der Waals surface area contributed by atoms with Gasteiger partial charge in [-0.05, 0) is 24.3 Å². The summed E-state index contributed by atoms with van der Waals surface area (Å²) in [7, 11) is 0. The van der Waals surface area contributed by atoms with Gasteiger partial charge in [-0.15, -0.1) is 11.3 Å². The van der Waals surface area contributed by atoms with Crippen molar-refractivity contribution in [1.82, 2.24) is 15.3 Å². The number of nitrogens with one attached hydrogen (secondary N) is 1. The van der Waals surface area contributed by atoms with E-state index in [1.165, 1.54) is 24.6 Å². The molecule has 0 radical (unpaired) electrons. The highest BCUT2D eigenvalue weighted by molar-refractivity contribution is 8.00. The molecular formula is C13H15N3OS2. The van der Waals surface area contributed by atoms with Crippen LogP contribution in [0.3, 0.4) is 0 Å². The summed E-state index contributed by atoms with van der Waals surface area (Å²) in [6.45, 7) is 0. The summed E-state index contributed by atoms with van der Waals surface area (Å²) in [5, 5.41) is 7.04. The summed E-state index contributed by atoms with van der Waals surface area (Å²) in [6.07, 6.45) is 6.28. The van der Waals surface area contributed by atoms with Crippen molar-refractivity contribution in [2.24, 2.45) is 0 Å². The number of thiophene rings is 1. The molecule has 2 aromatic heterocycles. The standard InChI is InChI=1S/C13H15N3OS2/c17-11(16-9-3-1-2-4-9)7-19-13-10-5-6-18-12(10)14-8-15-13/h5-6,8-9H,1-4,7H2,(H,16,17). The van der Waals surface area contributed by atoms with Gasteiger partial charge in [-0.2, -0.15) is 0 Å². The van der Waals surface area contributed by atoms with Crippen molar-refractivity contribution in [3.05, 3.63) is 17.8 Å². The Morgan fingerprint density at radius 3 is 3.11 bits per heavy atom. The molecule has 1 fully saturated rings. The van der Waals surface area contributed by atoms with Crippen LogP contribution in [0.15, 0.2) is 22.8 Å². The average molecular weight is 293 g/mol. The van der Waals surface area contributed by atoms with Crippen LogP contribution in [0, 0.1) is 0 Å². The third kappa shape index (κ3) is 3.06. The fraction of sp³-hybridized carbons (Fsp3) is 0.462. The molecule has 1 aliphatic carbocycles. The highest BCUT2D eigenvalue weighted by Gasteiger charge is 2.17. The number of rotatable bonds is 4. The Balaban J connectivity index is 1.59. The van der Waals surface area contributed by atoms with E-state index in [2.05, 4.69) is 15.3 Å². The number of aromatic nitrogens is 2. The maximum Gasteiger partial charge on any atom is 0.230 e. The predicted molar refractivity (Wildman–Crippen MR) is 78.5 cm³/mol. The van der Waals surface area contributed by atoms with Crippen molar-refractivity contribution in [2.75, 3.05) is 5.75 Å². The van der Waals surface area contributed by atoms with E-state index >= 15 is 0 Å². The molecular weight excluding hydrogens is 278 g/mol. The topological polar surface area (TPSA) is 54.9 Å². The molecule has 0 unspecified atom stereocenters. The van der Waals surface area contributed by atoms with Gasteiger partial charge in [0.25, 0.3) is 0 Å². The number of amides is 1. The summed E-state index contributed by atoms with van der Waals surface area (Å²) < 4.78 is 0. The van der Waals surface area contributed by atoms with Crippen molar-refractivity contribution in [3.63, 3.8) is 0 Å². The van der Waals surface area contributed by atoms with Crippen LogP contribution in [-0.2, 0) is 4.79 Å². The molecule has 1 saturated carbocycles. The quantitative estimate of drug-likeness (QED) is 0.695. The molecule has 0 aliphatic heterocycles. The van der Waals surface area contributed by atoms with Gasteiger partial charge in [-0.1, -0.05) is 24.6 Å². The zero-order valence-corrected chi connectivity index (χ0v) is 12.1. The SMILES string of the molecule is O=C(CSc1ncnc2sccc12)NC1CCCC1. The van der Waals surface area contributed by atoms with E-state index in [9.17, 15) is 4.79 Å². The third-order valence-electron chi connectivity index (χ3n) is 3.29. The number of carbonyl (C=O) groups is 1. The Kier molecular flexibility index (Phi) is 3.98. The summed E-state index contributed by atoms with van der Waals surface area (Å²) in [5.74, 6) is 0.539. The van der Waals surface area contributed by atoms with Crippen molar-refractivity contribution in [2.45, 2.75) is 36.8 Å². The summed E-state index contributed by atoms with van der Waals surface area (Å²) in [5.41, 5.74) is 0. The van der Waals surface area contributed by atoms with Gasteiger partial charge < -0.3 is 5.32 Å². The number of nitrogens with zero attached hydrogens (tertiary/aromatic N) is 2. The molecule has 3 rings (SSSR count). The molecule has 0 atom stereocenters. The molecule has 1 aliphatic rings. The van der Waals surface area contributed by atoms with Gasteiger partial charge >= 0.3 is 0 Å². The van der Waals surface area contributed by atoms with Gasteiger partial charge in [0.2, 0.25) is 5.91 Å². The molecule has 1 N–H and O–H groups in total. The van der Waals surface area contributed by atoms with Crippen LogP contribution in [0.1, 0.15) is 25.7 Å². The second kappa shape index (κ2) is 5.88. The first kappa shape index (κ1) is 12.9. The van der Waals surface area contributed by atoms with Gasteiger partial charge in [-0.25, -0.2) is 9.97 Å². The number of hydrogen-bond acceptors (Lipinski definition) is 5. The lowest BCUT2D eigenvalue weighted by Gasteiger charge is -2.11. The Morgan fingerprint density at radius 1 is 1.42 bits per heavy atom. The maximum absolute atomic E-state index is 11.9. The molecule has 0 aromatic carbocycles. The van der Waals surface area contributed by atoms with Crippen LogP contribution >= 0.6 is 23.1 Å². The number of carbonyl (C=O) groups excluding carboxylic acids is 1. The first-order chi connectivity index (χ1) is 9.33. The fourth-order valence-corrected chi connectivity index (χ4v) is 3.95. The van der Waals surface area contributed by atoms with E-state index in [4.69, 9.17) is 0 Å². The molecule has 100 valence electrons. The smallest absolute Gasteiger partial charge is 0.230 e. The van der Waals surface area contributed by atoms with Crippen molar-refractivity contribution < 1.29 is 4.79 Å². The zero-order valence-electron chi connectivity index (χ0n) is 10.5. The normalized spacial score (nSPS) is 16.0. The van der Waals surface area contributed by atoms with Crippen LogP contribution in [0.4, 0.5) is 0 Å². The summed E-state index contributed by atoms with van der Waals surface area (Å²) >= 11 is 3.09. The first-order valence-electron chi connectivity index (χ1n) is 6.43. The van der Waals surface area contributed by atoms with Crippen LogP contribution < -0.4 is 5.32 Å². The number of fused-ring (bicyclic) bond motifs is 1. The molecule has 6 heteroatoms. The molecule has 0 bridgehead atoms. The minimum atomic E-state index is 0.110. The summed E-state index contributed by atoms with van der Waals surface area (Å²) in [4.78, 5) is 21.3. The Bertz CT molecular complexity index is 578. The summed E-state index contributed by atoms with van der Waals surface area (Å²) in [6, 6.07) is 2.40. The van der Waals surface area contributed by atoms with Crippen LogP contribution in [0.2, 0.25) is 0 Å². The van der Waals surface area contributed by atoms with Crippen molar-refractivity contribution >= 4 is 39.2 Å². The Labute approximate surface area is 120 Å². The second-order valence-electron chi connectivity index (χ2n) is 4.66. The van der Waals surface area contributed by atoms with Gasteiger partial charge in [0.15, 0.2) is 0 Å². The van der Waals surface area contributed by atoms with E-state index < -0.39 is 0 Å². The largest absolute Gasteiger partial charge is 0.353 e. The van der Waals surface area contributed by atoms with E-state index in [0.29, 0.717) is 11.8 Å². The lowest BCUT2D eigenvalue weighted by molar-refractivity contribution is -0.119. The van der Waals surface area contributed by atoms with Crippen molar-refractivity contribution in [3.8, 4) is 0 Å². The van der Waals surface area contributed by atoms with Gasteiger partial charge in [0.1, 0.15) is 16.2 Å². The van der Waals surface area contributed by atoms with Crippen LogP contribution in [0.5, 0.6) is 0 Å². The molecule has 1 amide bonds. The lowest BCUT2D eigenvalue weighted by Crippen LogP contribution is -2.33. The number of hydrogen-bond donors (Lipinski definition) is 1. The Morgan fingerprint density at radius 2 is 2.26 bits per heavy atom.